The normalized spacial score (nSPS) is 14.7. The fourth-order valence-electron chi connectivity index (χ4n) is 5.93. The predicted molar refractivity (Wildman–Crippen MR) is 184 cm³/mol. The standard InChI is InChI=1S/C37H29ClN4O3S/c1-23-33(35(43)40-27-13-4-3-5-14-27)34(24-12-10-15-28(19-24)45-2)42-36(44)32(46-37(42)39-23)20-26-22-41(31-18-9-7-16-29(26)31)21-25-11-6-8-17-30(25)38/h3-20,22,34H,21H2,1-2H3,(H,40,43). The molecule has 1 aliphatic heterocycles. The van der Waals surface area contributed by atoms with Crippen LogP contribution in [0.3, 0.4) is 0 Å². The number of benzene rings is 4. The molecule has 1 aliphatic rings. The van der Waals surface area contributed by atoms with Crippen LogP contribution in [0, 0.1) is 0 Å². The van der Waals surface area contributed by atoms with E-state index in [1.54, 1.807) is 11.7 Å². The van der Waals surface area contributed by atoms with Crippen molar-refractivity contribution >= 4 is 51.5 Å². The second-order valence-corrected chi connectivity index (χ2v) is 12.4. The Hall–Kier alpha value is -5.18. The van der Waals surface area contributed by atoms with Crippen molar-refractivity contribution in [3.05, 3.63) is 162 Å². The number of rotatable bonds is 7. The van der Waals surface area contributed by atoms with Crippen LogP contribution in [0.2, 0.25) is 5.02 Å². The summed E-state index contributed by atoms with van der Waals surface area (Å²) in [4.78, 5) is 33.5. The van der Waals surface area contributed by atoms with Gasteiger partial charge in [0.15, 0.2) is 4.80 Å². The number of thiazole rings is 1. The van der Waals surface area contributed by atoms with Crippen LogP contribution in [0.15, 0.2) is 130 Å². The highest BCUT2D eigenvalue weighted by Gasteiger charge is 2.33. The fourth-order valence-corrected chi connectivity index (χ4v) is 7.16. The quantitative estimate of drug-likeness (QED) is 0.214. The summed E-state index contributed by atoms with van der Waals surface area (Å²) in [5.74, 6) is 0.306. The zero-order chi connectivity index (χ0) is 31.8. The van der Waals surface area contributed by atoms with Gasteiger partial charge in [-0.05, 0) is 60.5 Å². The summed E-state index contributed by atoms with van der Waals surface area (Å²) in [7, 11) is 1.59. The molecule has 0 saturated heterocycles. The minimum atomic E-state index is -0.709. The molecule has 46 heavy (non-hydrogen) atoms. The van der Waals surface area contributed by atoms with Gasteiger partial charge in [0, 0.05) is 39.9 Å². The smallest absolute Gasteiger partial charge is 0.271 e. The van der Waals surface area contributed by atoms with Crippen molar-refractivity contribution in [2.75, 3.05) is 12.4 Å². The molecule has 0 saturated carbocycles. The zero-order valence-electron chi connectivity index (χ0n) is 25.1. The number of amides is 1. The Kier molecular flexibility index (Phi) is 7.90. The van der Waals surface area contributed by atoms with E-state index in [2.05, 4.69) is 28.2 Å². The Morgan fingerprint density at radius 3 is 2.57 bits per heavy atom. The third-order valence-corrected chi connectivity index (χ3v) is 9.46. The minimum Gasteiger partial charge on any atom is -0.497 e. The lowest BCUT2D eigenvalue weighted by atomic mass is 9.95. The van der Waals surface area contributed by atoms with Crippen molar-refractivity contribution in [1.82, 2.24) is 9.13 Å². The Morgan fingerprint density at radius 2 is 1.76 bits per heavy atom. The SMILES string of the molecule is COc1cccc(C2C(C(=O)Nc3ccccc3)=C(C)N=c3sc(=Cc4cn(Cc5ccccc5Cl)c5ccccc45)c(=O)n32)c1. The van der Waals surface area contributed by atoms with Gasteiger partial charge in [-0.15, -0.1) is 0 Å². The highest BCUT2D eigenvalue weighted by molar-refractivity contribution is 7.07. The number of nitrogens with one attached hydrogen (secondary N) is 1. The van der Waals surface area contributed by atoms with Gasteiger partial charge in [-0.2, -0.15) is 0 Å². The van der Waals surface area contributed by atoms with Gasteiger partial charge in [-0.1, -0.05) is 89.7 Å². The highest BCUT2D eigenvalue weighted by Crippen LogP contribution is 2.32. The first-order chi connectivity index (χ1) is 22.4. The molecule has 0 aliphatic carbocycles. The van der Waals surface area contributed by atoms with Crippen LogP contribution in [-0.2, 0) is 11.3 Å². The van der Waals surface area contributed by atoms with Crippen LogP contribution in [0.25, 0.3) is 17.0 Å². The lowest BCUT2D eigenvalue weighted by Gasteiger charge is -2.25. The molecule has 7 rings (SSSR count). The van der Waals surface area contributed by atoms with E-state index >= 15 is 0 Å². The Bertz CT molecular complexity index is 2340. The summed E-state index contributed by atoms with van der Waals surface area (Å²) in [5.41, 5.74) is 5.06. The Balaban J connectivity index is 1.37. The number of carbonyl (C=O) groups excluding carboxylic acids is 1. The maximum absolute atomic E-state index is 14.3. The number of fused-ring (bicyclic) bond motifs is 2. The van der Waals surface area contributed by atoms with Gasteiger partial charge in [0.05, 0.1) is 29.0 Å². The van der Waals surface area contributed by atoms with E-state index in [0.29, 0.717) is 43.6 Å². The number of aromatic nitrogens is 2. The molecule has 0 spiro atoms. The zero-order valence-corrected chi connectivity index (χ0v) is 26.7. The summed E-state index contributed by atoms with van der Waals surface area (Å²) in [6, 6.07) is 31.9. The number of ether oxygens (including phenoxy) is 1. The van der Waals surface area contributed by atoms with Crippen molar-refractivity contribution in [3.8, 4) is 5.75 Å². The molecule has 228 valence electrons. The number of hydrogen-bond donors (Lipinski definition) is 1. The van der Waals surface area contributed by atoms with Crippen molar-refractivity contribution < 1.29 is 9.53 Å². The molecule has 3 heterocycles. The van der Waals surface area contributed by atoms with Crippen LogP contribution < -0.4 is 24.9 Å². The Morgan fingerprint density at radius 1 is 1.00 bits per heavy atom. The minimum absolute atomic E-state index is 0.225. The molecule has 6 aromatic rings. The predicted octanol–water partition coefficient (Wildman–Crippen LogP) is 6.54. The first kappa shape index (κ1) is 29.5. The van der Waals surface area contributed by atoms with Crippen LogP contribution in [0.1, 0.15) is 29.7 Å². The number of hydrogen-bond acceptors (Lipinski definition) is 5. The summed E-state index contributed by atoms with van der Waals surface area (Å²) in [6.45, 7) is 2.40. The van der Waals surface area contributed by atoms with E-state index in [4.69, 9.17) is 21.3 Å². The van der Waals surface area contributed by atoms with Gasteiger partial charge in [0.25, 0.3) is 11.5 Å². The van der Waals surface area contributed by atoms with Gasteiger partial charge in [-0.3, -0.25) is 14.2 Å². The first-order valence-electron chi connectivity index (χ1n) is 14.8. The number of methoxy groups -OCH3 is 1. The second-order valence-electron chi connectivity index (χ2n) is 11.0. The molecule has 0 bridgehead atoms. The van der Waals surface area contributed by atoms with E-state index < -0.39 is 6.04 Å². The average Bonchev–Trinajstić information content (AvgIpc) is 3.57. The lowest BCUT2D eigenvalue weighted by molar-refractivity contribution is -0.113. The monoisotopic (exact) mass is 644 g/mol. The largest absolute Gasteiger partial charge is 0.497 e. The summed E-state index contributed by atoms with van der Waals surface area (Å²) >= 11 is 7.81. The van der Waals surface area contributed by atoms with Crippen LogP contribution >= 0.6 is 22.9 Å². The van der Waals surface area contributed by atoms with Gasteiger partial charge in [0.1, 0.15) is 5.75 Å². The molecule has 9 heteroatoms. The summed E-state index contributed by atoms with van der Waals surface area (Å²) in [5, 5.41) is 4.72. The topological polar surface area (TPSA) is 77.6 Å². The van der Waals surface area contributed by atoms with E-state index in [9.17, 15) is 9.59 Å². The number of allylic oxidation sites excluding steroid dienone is 1. The third-order valence-electron chi connectivity index (χ3n) is 8.11. The highest BCUT2D eigenvalue weighted by atomic mass is 35.5. The van der Waals surface area contributed by atoms with Crippen LogP contribution in [-0.4, -0.2) is 22.2 Å². The maximum Gasteiger partial charge on any atom is 0.271 e. The number of para-hydroxylation sites is 2. The summed E-state index contributed by atoms with van der Waals surface area (Å²) < 4.78 is 9.81. The summed E-state index contributed by atoms with van der Waals surface area (Å²) in [6.07, 6.45) is 3.97. The fraction of sp³-hybridized carbons (Fsp3) is 0.108. The molecular formula is C37H29ClN4O3S. The van der Waals surface area contributed by atoms with E-state index in [1.807, 2.05) is 104 Å². The number of anilines is 1. The molecule has 1 atom stereocenters. The molecule has 4 aromatic carbocycles. The molecule has 0 radical (unpaired) electrons. The number of nitrogens with zero attached hydrogens (tertiary/aromatic N) is 3. The van der Waals surface area contributed by atoms with E-state index in [-0.39, 0.29) is 11.5 Å². The van der Waals surface area contributed by atoms with Gasteiger partial charge >= 0.3 is 0 Å². The molecular weight excluding hydrogens is 616 g/mol. The van der Waals surface area contributed by atoms with Crippen molar-refractivity contribution in [3.63, 3.8) is 0 Å². The molecule has 2 aromatic heterocycles. The second kappa shape index (κ2) is 12.3. The lowest BCUT2D eigenvalue weighted by Crippen LogP contribution is -2.40. The van der Waals surface area contributed by atoms with E-state index in [0.717, 1.165) is 27.6 Å². The van der Waals surface area contributed by atoms with Gasteiger partial charge in [0.2, 0.25) is 0 Å². The molecule has 1 N–H and O–H groups in total. The molecule has 7 nitrogen and oxygen atoms in total. The van der Waals surface area contributed by atoms with Crippen LogP contribution in [0.5, 0.6) is 5.75 Å². The maximum atomic E-state index is 14.3. The van der Waals surface area contributed by atoms with E-state index in [1.165, 1.54) is 11.3 Å². The molecule has 1 amide bonds. The molecule has 0 fully saturated rings. The first-order valence-corrected chi connectivity index (χ1v) is 15.9. The van der Waals surface area contributed by atoms with Crippen molar-refractivity contribution in [2.24, 2.45) is 4.99 Å². The van der Waals surface area contributed by atoms with Crippen LogP contribution in [0.4, 0.5) is 5.69 Å². The molecule has 1 unspecified atom stereocenters. The average molecular weight is 645 g/mol. The number of carbonyl (C=O) groups is 1. The number of halogens is 1. The van der Waals surface area contributed by atoms with Gasteiger partial charge in [-0.25, -0.2) is 4.99 Å². The van der Waals surface area contributed by atoms with Gasteiger partial charge < -0.3 is 14.6 Å². The Labute approximate surface area is 274 Å². The van der Waals surface area contributed by atoms with Crippen molar-refractivity contribution in [1.29, 1.82) is 0 Å². The third kappa shape index (κ3) is 5.46. The van der Waals surface area contributed by atoms with Crippen molar-refractivity contribution in [2.45, 2.75) is 19.5 Å².